The predicted octanol–water partition coefficient (Wildman–Crippen LogP) is 9.73. The third kappa shape index (κ3) is 3.66. The number of hydrogen-bond acceptors (Lipinski definition) is 2. The van der Waals surface area contributed by atoms with Gasteiger partial charge in [0.15, 0.2) is 29.1 Å². The van der Waals surface area contributed by atoms with Gasteiger partial charge in [-0.25, -0.2) is 46.6 Å². The van der Waals surface area contributed by atoms with E-state index in [1.807, 2.05) is 0 Å². The van der Waals surface area contributed by atoms with Gasteiger partial charge in [-0.15, -0.1) is 0 Å². The quantitative estimate of drug-likeness (QED) is 0.0710. The van der Waals surface area contributed by atoms with Gasteiger partial charge < -0.3 is 0 Å². The Morgan fingerprint density at radius 1 is 0.490 bits per heavy atom. The Morgan fingerprint density at radius 3 is 1.49 bits per heavy atom. The van der Waals surface area contributed by atoms with Gasteiger partial charge in [-0.05, 0) is 104 Å². The van der Waals surface area contributed by atoms with E-state index in [1.54, 1.807) is 12.1 Å². The van der Waals surface area contributed by atoms with Gasteiger partial charge in [0.25, 0.3) is 11.4 Å². The number of rotatable bonds is 0. The van der Waals surface area contributed by atoms with Crippen LogP contribution in [0.4, 0.5) is 26.3 Å². The average Bonchev–Trinajstić information content (AvgIpc) is 3.69. The fourth-order valence-corrected chi connectivity index (χ4v) is 6.92. The first-order chi connectivity index (χ1) is 23.5. The lowest BCUT2D eigenvalue weighted by molar-refractivity contribution is 0.446. The van der Waals surface area contributed by atoms with Gasteiger partial charge in [0.05, 0.1) is 30.9 Å². The topological polar surface area (TPSA) is 65.0 Å². The van der Waals surface area contributed by atoms with Crippen molar-refractivity contribution in [3.63, 3.8) is 0 Å². The summed E-state index contributed by atoms with van der Waals surface area (Å²) in [4.78, 5) is 13.1. The van der Waals surface area contributed by atoms with Crippen molar-refractivity contribution in [3.8, 4) is 45.5 Å². The molecule has 0 unspecified atom stereocenters. The van der Waals surface area contributed by atoms with Gasteiger partial charge >= 0.3 is 5.82 Å². The second-order valence-electron chi connectivity index (χ2n) is 10.9. The van der Waals surface area contributed by atoms with E-state index in [0.717, 1.165) is 12.1 Å². The molecule has 228 valence electrons. The van der Waals surface area contributed by atoms with E-state index < -0.39 is 68.8 Å². The minimum Gasteiger partial charge on any atom is -0.226 e. The summed E-state index contributed by atoms with van der Waals surface area (Å²) in [5.41, 5.74) is -4.85. The van der Waals surface area contributed by atoms with Gasteiger partial charge in [-0.1, -0.05) is 0 Å². The summed E-state index contributed by atoms with van der Waals surface area (Å²) in [5, 5.41) is 20.2. The van der Waals surface area contributed by atoms with Crippen molar-refractivity contribution < 1.29 is 26.3 Å². The van der Waals surface area contributed by atoms with Gasteiger partial charge in [0.1, 0.15) is 19.0 Å². The average molecular weight is 651 g/mol. The first-order valence-corrected chi connectivity index (χ1v) is 13.8. The van der Waals surface area contributed by atoms with E-state index >= 15 is 17.6 Å². The van der Waals surface area contributed by atoms with Crippen LogP contribution in [0.3, 0.4) is 0 Å². The van der Waals surface area contributed by atoms with Crippen LogP contribution in [0, 0.1) is 90.8 Å². The van der Waals surface area contributed by atoms with Gasteiger partial charge in [0.2, 0.25) is 0 Å². The monoisotopic (exact) mass is 650 g/mol. The van der Waals surface area contributed by atoms with Crippen molar-refractivity contribution in [1.82, 2.24) is 0 Å². The molecule has 0 saturated heterocycles. The summed E-state index contributed by atoms with van der Waals surface area (Å²) in [6.45, 7) is 32.5. The second-order valence-corrected chi connectivity index (χ2v) is 10.9. The summed E-state index contributed by atoms with van der Waals surface area (Å²) in [7, 11) is 0. The van der Waals surface area contributed by atoms with E-state index in [2.05, 4.69) is 19.4 Å². The molecule has 3 aliphatic carbocycles. The normalized spacial score (nSPS) is 14.3. The van der Waals surface area contributed by atoms with Crippen LogP contribution in [-0.4, -0.2) is 0 Å². The summed E-state index contributed by atoms with van der Waals surface area (Å²) >= 11 is 0. The number of allylic oxidation sites excluding steroid dienone is 2. The molecule has 0 aliphatic heterocycles. The molecule has 0 heterocycles. The van der Waals surface area contributed by atoms with E-state index in [0.29, 0.717) is 12.1 Å². The van der Waals surface area contributed by atoms with Crippen molar-refractivity contribution in [1.29, 1.82) is 10.5 Å². The van der Waals surface area contributed by atoms with Crippen LogP contribution in [0.15, 0.2) is 47.5 Å². The van der Waals surface area contributed by atoms with Gasteiger partial charge in [0, 0.05) is 16.7 Å². The Labute approximate surface area is 272 Å². The molecule has 0 bridgehead atoms. The Morgan fingerprint density at radius 2 is 0.939 bits per heavy atom. The fourth-order valence-electron chi connectivity index (χ4n) is 6.92. The van der Waals surface area contributed by atoms with Gasteiger partial charge in [-0.3, -0.25) is 0 Å². The van der Waals surface area contributed by atoms with Crippen molar-refractivity contribution in [2.75, 3.05) is 0 Å². The summed E-state index contributed by atoms with van der Waals surface area (Å²) in [5.74, 6) is -9.67. The van der Waals surface area contributed by atoms with Crippen LogP contribution in [0.5, 0.6) is 0 Å². The molecule has 4 aromatic carbocycles. The third-order valence-corrected chi connectivity index (χ3v) is 8.71. The van der Waals surface area contributed by atoms with Crippen LogP contribution in [0.1, 0.15) is 38.9 Å². The molecule has 7 rings (SSSR count). The Hall–Kier alpha value is -7.38. The molecule has 0 spiro atoms. The maximum atomic E-state index is 16.0. The zero-order chi connectivity index (χ0) is 35.2. The van der Waals surface area contributed by atoms with E-state index in [9.17, 15) is 19.3 Å². The van der Waals surface area contributed by atoms with E-state index in [1.165, 1.54) is 13.0 Å². The highest BCUT2D eigenvalue weighted by Gasteiger charge is 2.47. The molecule has 12 heteroatoms. The summed E-state index contributed by atoms with van der Waals surface area (Å²) in [6, 6.07) is 7.81. The number of halogens is 6. The molecule has 0 fully saturated rings. The Balaban J connectivity index is 1.93. The molecule has 0 N–H and O–H groups in total. The lowest BCUT2D eigenvalue weighted by atomic mass is 9.83. The maximum Gasteiger partial charge on any atom is 0.527 e. The molecule has 0 atom stereocenters. The highest BCUT2D eigenvalue weighted by Crippen LogP contribution is 2.65. The number of benzene rings is 4. The Bertz CT molecular complexity index is 2690. The minimum atomic E-state index is -1.95. The van der Waals surface area contributed by atoms with E-state index in [4.69, 9.17) is 26.3 Å². The first kappa shape index (κ1) is 30.3. The lowest BCUT2D eigenvalue weighted by Gasteiger charge is -2.18. The highest BCUT2D eigenvalue weighted by molar-refractivity contribution is 6.24. The van der Waals surface area contributed by atoms with Crippen LogP contribution in [-0.2, 0) is 0 Å². The third-order valence-electron chi connectivity index (χ3n) is 8.71. The lowest BCUT2D eigenvalue weighted by Crippen LogP contribution is -1.99. The molecule has 0 amide bonds. The first-order valence-electron chi connectivity index (χ1n) is 13.8. The second kappa shape index (κ2) is 10.3. The number of hydrogen-bond donors (Lipinski definition) is 0. The predicted molar refractivity (Wildman–Crippen MR) is 163 cm³/mol. The maximum absolute atomic E-state index is 16.0. The standard InChI is InChI=1S/C37H8F6N6/c1-13-6-14-15(7-19(13)38)27-32(25(14)23(11-44)46-2)26-16-8-20(39)21(40)9-17(16)30(37(48-4)49-5)33(26)28-18-10-22(41)35(42)36(43)29(18)31(34(27)28)24(12-45)47-3/h6-10H,1H3/b25-23-,31-24+. The molecule has 3 aliphatic rings. The van der Waals surface area contributed by atoms with Crippen molar-refractivity contribution in [2.45, 2.75) is 6.92 Å². The van der Waals surface area contributed by atoms with Crippen LogP contribution >= 0.6 is 0 Å². The van der Waals surface area contributed by atoms with Gasteiger partial charge in [-0.2, -0.15) is 9.69 Å². The Kier molecular flexibility index (Phi) is 6.38. The number of fused-ring (bicyclic) bond motifs is 12. The molecule has 6 nitrogen and oxygen atoms in total. The smallest absolute Gasteiger partial charge is 0.226 e. The molecule has 0 radical (unpaired) electrons. The molecule has 49 heavy (non-hydrogen) atoms. The number of nitriles is 2. The highest BCUT2D eigenvalue weighted by atomic mass is 19.2. The van der Waals surface area contributed by atoms with Crippen molar-refractivity contribution in [2.24, 2.45) is 0 Å². The SMILES string of the molecule is [C-]#[N+]C([N+]#[C-])=C1c2cc(F)c(F)cc2-c2c1c1c(c3c2/C(=C(/C#N)[N+]#[C-])c2cc(C)c(F)cc2-3)/C(=C(\C#N)[N+]#[C-])c2c-1cc(F)c(F)c2F. The zero-order valence-electron chi connectivity index (χ0n) is 24.3. The number of aryl methyl sites for hydroxylation is 1. The molecule has 0 saturated carbocycles. The molecular formula is C37H8F6N6. The van der Waals surface area contributed by atoms with Crippen molar-refractivity contribution >= 4 is 16.7 Å². The van der Waals surface area contributed by atoms with Crippen LogP contribution < -0.4 is 0 Å². The van der Waals surface area contributed by atoms with Crippen LogP contribution in [0.25, 0.3) is 69.5 Å². The molecule has 0 aromatic heterocycles. The zero-order valence-corrected chi connectivity index (χ0v) is 24.3. The number of nitrogens with zero attached hydrogens (tertiary/aromatic N) is 6. The summed E-state index contributed by atoms with van der Waals surface area (Å²) in [6.07, 6.45) is 0. The molecule has 4 aromatic rings. The van der Waals surface area contributed by atoms with Crippen LogP contribution in [0.2, 0.25) is 0 Å². The van der Waals surface area contributed by atoms with Crippen molar-refractivity contribution in [3.05, 3.63) is 167 Å². The minimum absolute atomic E-state index is 0.0328. The molecular weight excluding hydrogens is 642 g/mol. The van der Waals surface area contributed by atoms with E-state index in [-0.39, 0.29) is 72.3 Å². The fraction of sp³-hybridized carbons (Fsp3) is 0.0270. The largest absolute Gasteiger partial charge is 0.527 e. The summed E-state index contributed by atoms with van der Waals surface area (Å²) < 4.78 is 91.5.